The number of amides is 1. The van der Waals surface area contributed by atoms with Crippen molar-refractivity contribution in [3.63, 3.8) is 0 Å². The molecule has 1 N–H and O–H groups in total. The van der Waals surface area contributed by atoms with E-state index < -0.39 is 5.54 Å². The lowest BCUT2D eigenvalue weighted by Gasteiger charge is -2.41. The van der Waals surface area contributed by atoms with E-state index in [0.29, 0.717) is 18.4 Å². The number of aromatic nitrogens is 1. The third-order valence-corrected chi connectivity index (χ3v) is 9.37. The molecule has 36 heavy (non-hydrogen) atoms. The van der Waals surface area contributed by atoms with Gasteiger partial charge in [-0.05, 0) is 72.7 Å². The number of hydrogen-bond donors (Lipinski definition) is 1. The fourth-order valence-electron chi connectivity index (χ4n) is 5.15. The summed E-state index contributed by atoms with van der Waals surface area (Å²) in [6, 6.07) is 16.1. The first-order valence-corrected chi connectivity index (χ1v) is 14.2. The van der Waals surface area contributed by atoms with Crippen molar-refractivity contribution >= 4 is 29.0 Å². The molecule has 0 spiro atoms. The van der Waals surface area contributed by atoms with Crippen LogP contribution in [-0.2, 0) is 15.1 Å². The fraction of sp³-hybridized carbons (Fsp3) is 0.379. The number of benzene rings is 1. The zero-order chi connectivity index (χ0) is 25.1. The van der Waals surface area contributed by atoms with E-state index in [1.807, 2.05) is 35.7 Å². The van der Waals surface area contributed by atoms with Gasteiger partial charge in [0.1, 0.15) is 16.9 Å². The second-order valence-electron chi connectivity index (χ2n) is 9.62. The van der Waals surface area contributed by atoms with Crippen molar-refractivity contribution in [2.75, 3.05) is 7.11 Å². The number of thioether (sulfide) groups is 1. The van der Waals surface area contributed by atoms with E-state index in [4.69, 9.17) is 14.5 Å². The SMILES string of the molecule is C=C1CC(c2ccsc2)(c2cccc(OC3CCC(OC)CC3)n2)NC(=O)C1Sc1ccccc1C. The zero-order valence-electron chi connectivity index (χ0n) is 20.7. The number of methoxy groups -OCH3 is 1. The number of aryl methyl sites for hydroxylation is 1. The molecule has 5 nitrogen and oxygen atoms in total. The summed E-state index contributed by atoms with van der Waals surface area (Å²) < 4.78 is 11.8. The number of rotatable bonds is 7. The molecular formula is C29H32N2O3S2. The van der Waals surface area contributed by atoms with Gasteiger partial charge in [0.2, 0.25) is 11.8 Å². The molecule has 1 aliphatic heterocycles. The van der Waals surface area contributed by atoms with E-state index >= 15 is 0 Å². The highest BCUT2D eigenvalue weighted by Crippen LogP contribution is 2.44. The van der Waals surface area contributed by atoms with Gasteiger partial charge in [-0.15, -0.1) is 11.8 Å². The van der Waals surface area contributed by atoms with Gasteiger partial charge in [0.25, 0.3) is 0 Å². The molecule has 2 atom stereocenters. The van der Waals surface area contributed by atoms with Gasteiger partial charge in [-0.2, -0.15) is 11.3 Å². The summed E-state index contributed by atoms with van der Waals surface area (Å²) >= 11 is 3.18. The Kier molecular flexibility index (Phi) is 7.51. The van der Waals surface area contributed by atoms with E-state index in [1.54, 1.807) is 30.2 Å². The molecule has 2 fully saturated rings. The summed E-state index contributed by atoms with van der Waals surface area (Å²) in [4.78, 5) is 19.6. The Labute approximate surface area is 221 Å². The Bertz CT molecular complexity index is 1200. The van der Waals surface area contributed by atoms with Gasteiger partial charge in [0.15, 0.2) is 0 Å². The first-order valence-electron chi connectivity index (χ1n) is 12.4. The van der Waals surface area contributed by atoms with E-state index in [-0.39, 0.29) is 17.3 Å². The number of pyridine rings is 1. The van der Waals surface area contributed by atoms with Crippen LogP contribution in [-0.4, -0.2) is 35.5 Å². The maximum Gasteiger partial charge on any atom is 0.238 e. The molecule has 5 rings (SSSR count). The molecule has 3 aromatic rings. The predicted octanol–water partition coefficient (Wildman–Crippen LogP) is 6.27. The van der Waals surface area contributed by atoms with E-state index in [9.17, 15) is 4.79 Å². The molecule has 2 aromatic heterocycles. The average molecular weight is 521 g/mol. The van der Waals surface area contributed by atoms with E-state index in [2.05, 4.69) is 42.4 Å². The van der Waals surface area contributed by atoms with Gasteiger partial charge in [-0.25, -0.2) is 4.98 Å². The van der Waals surface area contributed by atoms with Crippen molar-refractivity contribution in [3.05, 3.63) is 88.3 Å². The molecule has 1 aliphatic carbocycles. The van der Waals surface area contributed by atoms with Crippen molar-refractivity contribution in [2.24, 2.45) is 0 Å². The van der Waals surface area contributed by atoms with E-state index in [1.165, 1.54) is 0 Å². The van der Waals surface area contributed by atoms with Gasteiger partial charge >= 0.3 is 0 Å². The maximum atomic E-state index is 13.6. The maximum absolute atomic E-state index is 13.6. The number of thiophene rings is 1. The molecule has 1 amide bonds. The van der Waals surface area contributed by atoms with Crippen LogP contribution in [0.2, 0.25) is 0 Å². The standard InChI is InChI=1S/C29H32N2O3S2/c1-19-7-4-5-8-24(19)36-27-20(2)17-29(31-28(27)32,21-15-16-35-18-21)25-9-6-10-26(30-25)34-23-13-11-22(33-3)12-14-23/h4-10,15-16,18,22-23,27H,2,11-14,17H2,1,3H3,(H,31,32). The number of nitrogens with one attached hydrogen (secondary N) is 1. The Hall–Kier alpha value is -2.61. The summed E-state index contributed by atoms with van der Waals surface area (Å²) in [5.41, 5.74) is 3.07. The normalized spacial score (nSPS) is 26.4. The Morgan fingerprint density at radius 2 is 1.86 bits per heavy atom. The highest BCUT2D eigenvalue weighted by Gasteiger charge is 2.46. The summed E-state index contributed by atoms with van der Waals surface area (Å²) in [6.07, 6.45) is 4.91. The first kappa shape index (κ1) is 25.1. The van der Waals surface area contributed by atoms with Crippen molar-refractivity contribution in [1.29, 1.82) is 0 Å². The van der Waals surface area contributed by atoms with Crippen LogP contribution in [0.5, 0.6) is 5.88 Å². The molecule has 7 heteroatoms. The first-order chi connectivity index (χ1) is 17.5. The van der Waals surface area contributed by atoms with Crippen molar-refractivity contribution in [2.45, 2.75) is 66.9 Å². The van der Waals surface area contributed by atoms with Crippen LogP contribution in [0.4, 0.5) is 0 Å². The minimum atomic E-state index is -0.774. The highest BCUT2D eigenvalue weighted by atomic mass is 32.2. The molecule has 2 aliphatic rings. The number of carbonyl (C=O) groups excluding carboxylic acids is 1. The van der Waals surface area contributed by atoms with Gasteiger partial charge in [-0.3, -0.25) is 4.79 Å². The molecule has 188 valence electrons. The van der Waals surface area contributed by atoms with Crippen molar-refractivity contribution in [1.82, 2.24) is 10.3 Å². The lowest BCUT2D eigenvalue weighted by molar-refractivity contribution is -0.122. The van der Waals surface area contributed by atoms with Crippen LogP contribution >= 0.6 is 23.1 Å². The quantitative estimate of drug-likeness (QED) is 0.372. The minimum absolute atomic E-state index is 0.0447. The third kappa shape index (κ3) is 5.10. The summed E-state index contributed by atoms with van der Waals surface area (Å²) in [6.45, 7) is 6.45. The van der Waals surface area contributed by atoms with Crippen molar-refractivity contribution < 1.29 is 14.3 Å². The lowest BCUT2D eigenvalue weighted by Crippen LogP contribution is -2.55. The fourth-order valence-corrected chi connectivity index (χ4v) is 6.96. The molecule has 3 heterocycles. The molecule has 1 saturated heterocycles. The molecule has 0 radical (unpaired) electrons. The van der Waals surface area contributed by atoms with Gasteiger partial charge < -0.3 is 14.8 Å². The van der Waals surface area contributed by atoms with Gasteiger partial charge in [-0.1, -0.05) is 36.4 Å². The number of carbonyl (C=O) groups is 1. The molecule has 0 bridgehead atoms. The topological polar surface area (TPSA) is 60.5 Å². The van der Waals surface area contributed by atoms with Crippen LogP contribution in [0, 0.1) is 6.92 Å². The van der Waals surface area contributed by atoms with E-state index in [0.717, 1.165) is 53.0 Å². The van der Waals surface area contributed by atoms with Crippen LogP contribution in [0.3, 0.4) is 0 Å². The Morgan fingerprint density at radius 3 is 2.56 bits per heavy atom. The largest absolute Gasteiger partial charge is 0.474 e. The smallest absolute Gasteiger partial charge is 0.238 e. The molecule has 2 unspecified atom stereocenters. The molecular weight excluding hydrogens is 488 g/mol. The van der Waals surface area contributed by atoms with Gasteiger partial charge in [0.05, 0.1) is 11.8 Å². The van der Waals surface area contributed by atoms with Crippen LogP contribution in [0.1, 0.15) is 48.9 Å². The second kappa shape index (κ2) is 10.8. The number of nitrogens with zero attached hydrogens (tertiary/aromatic N) is 1. The summed E-state index contributed by atoms with van der Waals surface area (Å²) in [7, 11) is 1.77. The predicted molar refractivity (Wildman–Crippen MR) is 146 cm³/mol. The van der Waals surface area contributed by atoms with Gasteiger partial charge in [0, 0.05) is 24.5 Å². The summed E-state index contributed by atoms with van der Waals surface area (Å²) in [5.74, 6) is 0.552. The van der Waals surface area contributed by atoms with Crippen LogP contribution < -0.4 is 10.1 Å². The lowest BCUT2D eigenvalue weighted by atomic mass is 9.78. The van der Waals surface area contributed by atoms with Crippen LogP contribution in [0.25, 0.3) is 0 Å². The number of piperidine rings is 1. The Balaban J connectivity index is 1.41. The second-order valence-corrected chi connectivity index (χ2v) is 11.5. The molecule has 1 aromatic carbocycles. The average Bonchev–Trinajstić information content (AvgIpc) is 3.44. The summed E-state index contributed by atoms with van der Waals surface area (Å²) in [5, 5.41) is 7.13. The zero-order valence-corrected chi connectivity index (χ0v) is 22.4. The number of hydrogen-bond acceptors (Lipinski definition) is 6. The van der Waals surface area contributed by atoms with Crippen molar-refractivity contribution in [3.8, 4) is 5.88 Å². The third-order valence-electron chi connectivity index (χ3n) is 7.19. The monoisotopic (exact) mass is 520 g/mol. The van der Waals surface area contributed by atoms with Crippen LogP contribution in [0.15, 0.2) is 76.3 Å². The molecule has 1 saturated carbocycles. The minimum Gasteiger partial charge on any atom is -0.474 e. The number of ether oxygens (including phenoxy) is 2. The Morgan fingerprint density at radius 1 is 1.08 bits per heavy atom. The highest BCUT2D eigenvalue weighted by molar-refractivity contribution is 8.00.